The largest absolute Gasteiger partial charge is 1.00 e. The van der Waals surface area contributed by atoms with Crippen LogP contribution in [0.15, 0.2) is 42.0 Å². The van der Waals surface area contributed by atoms with Gasteiger partial charge < -0.3 is 24.8 Å². The molecule has 197 valence electrons. The summed E-state index contributed by atoms with van der Waals surface area (Å²) in [7, 11) is 0. The number of hydrogen-bond acceptors (Lipinski definition) is 0. The first-order valence-electron chi connectivity index (χ1n) is 13.1. The molecule has 2 aromatic rings. The van der Waals surface area contributed by atoms with Crippen molar-refractivity contribution in [2.75, 3.05) is 0 Å². The van der Waals surface area contributed by atoms with Gasteiger partial charge in [0.05, 0.1) is 0 Å². The Morgan fingerprint density at radius 2 is 1.32 bits per heavy atom. The molecule has 0 spiro atoms. The number of hydrogen-bond donors (Lipinski definition) is 0. The standard InChI is InChI=1S/C34H43.2ClH.Zr/c1-20(2)30-29(34(10,11)12)19-27-26-17-23(32(4,5)6)14-13-22(26)16-28(27)31(30)25-18-24(15-21(25)3)33(7,8)9;;;/h13-15,17-19,21H,1-12H3;2*1H;/q;;;+2/p-2. The van der Waals surface area contributed by atoms with Crippen LogP contribution in [0.2, 0.25) is 0 Å². The topological polar surface area (TPSA) is 0 Å². The molecular formula is C34H43Cl2Zr. The molecule has 2 aliphatic rings. The SMILES string of the molecule is CC(C)=c1c(C(C)(C)C)cc2c(c1C1=CC(C(C)(C)C)=CC1C)[C]([Zr+2])=c1ccc(C(C)(C)C)cc1=2.[Cl-].[Cl-]. The van der Waals surface area contributed by atoms with Crippen molar-refractivity contribution in [1.82, 2.24) is 0 Å². The molecule has 0 radical (unpaired) electrons. The molecule has 1 atom stereocenters. The zero-order valence-corrected chi connectivity index (χ0v) is 28.8. The van der Waals surface area contributed by atoms with E-state index in [1.54, 1.807) is 0 Å². The smallest absolute Gasteiger partial charge is 1.00 e. The van der Waals surface area contributed by atoms with Gasteiger partial charge in [0.25, 0.3) is 0 Å². The number of rotatable bonds is 1. The van der Waals surface area contributed by atoms with Crippen molar-refractivity contribution in [1.29, 1.82) is 0 Å². The predicted octanol–water partition coefficient (Wildman–Crippen LogP) is 1.79. The summed E-state index contributed by atoms with van der Waals surface area (Å²) in [5.41, 5.74) is 10.6. The molecule has 0 aromatic heterocycles. The van der Waals surface area contributed by atoms with E-state index in [2.05, 4.69) is 120 Å². The zero-order chi connectivity index (χ0) is 26.2. The number of benzene rings is 2. The van der Waals surface area contributed by atoms with Crippen molar-refractivity contribution in [2.45, 2.75) is 93.9 Å². The van der Waals surface area contributed by atoms with Crippen molar-refractivity contribution < 1.29 is 49.5 Å². The van der Waals surface area contributed by atoms with Gasteiger partial charge in [0.15, 0.2) is 0 Å². The maximum atomic E-state index is 2.54. The summed E-state index contributed by atoms with van der Waals surface area (Å²) in [6.45, 7) is 28.1. The molecule has 2 aliphatic carbocycles. The zero-order valence-electron chi connectivity index (χ0n) is 24.8. The molecule has 0 aliphatic heterocycles. The molecule has 0 saturated heterocycles. The summed E-state index contributed by atoms with van der Waals surface area (Å²) in [6, 6.07) is 9.78. The van der Waals surface area contributed by atoms with Gasteiger partial charge in [-0.05, 0) is 0 Å². The molecule has 3 heteroatoms. The molecule has 0 N–H and O–H groups in total. The minimum atomic E-state index is 0. The first kappa shape index (κ1) is 32.3. The molecule has 0 nitrogen and oxygen atoms in total. The van der Waals surface area contributed by atoms with E-state index >= 15 is 0 Å². The average Bonchev–Trinajstić information content (AvgIpc) is 3.23. The van der Waals surface area contributed by atoms with E-state index < -0.39 is 0 Å². The normalized spacial score (nSPS) is 16.9. The van der Waals surface area contributed by atoms with Crippen molar-refractivity contribution in [3.8, 4) is 0 Å². The van der Waals surface area contributed by atoms with Gasteiger partial charge in [0, 0.05) is 0 Å². The van der Waals surface area contributed by atoms with E-state index in [-0.39, 0.29) is 41.1 Å². The van der Waals surface area contributed by atoms with Crippen LogP contribution in [0, 0.1) is 21.8 Å². The van der Waals surface area contributed by atoms with Gasteiger partial charge in [0.2, 0.25) is 0 Å². The molecule has 2 aromatic carbocycles. The van der Waals surface area contributed by atoms with E-state index in [1.165, 1.54) is 87.8 Å². The predicted molar refractivity (Wildman–Crippen MR) is 149 cm³/mol. The van der Waals surface area contributed by atoms with E-state index in [4.69, 9.17) is 0 Å². The van der Waals surface area contributed by atoms with Gasteiger partial charge in [-0.2, -0.15) is 0 Å². The Balaban J connectivity index is 0.00000241. The summed E-state index contributed by atoms with van der Waals surface area (Å²) < 4.78 is 1.51. The first-order valence-corrected chi connectivity index (χ1v) is 14.4. The molecular weight excluding hydrogens is 571 g/mol. The summed E-state index contributed by atoms with van der Waals surface area (Å²) in [4.78, 5) is 0. The van der Waals surface area contributed by atoms with E-state index in [9.17, 15) is 0 Å². The summed E-state index contributed by atoms with van der Waals surface area (Å²) in [5.74, 6) is 0.416. The van der Waals surface area contributed by atoms with Gasteiger partial charge in [0.1, 0.15) is 0 Å². The Morgan fingerprint density at radius 1 is 0.730 bits per heavy atom. The summed E-state index contributed by atoms with van der Waals surface area (Å²) >= 11 is 1.50. The fourth-order valence-corrected chi connectivity index (χ4v) is 6.79. The van der Waals surface area contributed by atoms with Crippen molar-refractivity contribution in [3.05, 3.63) is 85.1 Å². The second kappa shape index (κ2) is 10.6. The van der Waals surface area contributed by atoms with E-state index in [0.717, 1.165) is 0 Å². The Morgan fingerprint density at radius 3 is 1.78 bits per heavy atom. The molecule has 1 unspecified atom stereocenters. The van der Waals surface area contributed by atoms with Crippen molar-refractivity contribution in [3.63, 3.8) is 0 Å². The molecule has 0 saturated carbocycles. The van der Waals surface area contributed by atoms with Gasteiger partial charge in [-0.25, -0.2) is 0 Å². The van der Waals surface area contributed by atoms with Crippen LogP contribution >= 0.6 is 0 Å². The van der Waals surface area contributed by atoms with Crippen LogP contribution in [0.5, 0.6) is 0 Å². The Hall–Kier alpha value is -0.877. The quantitative estimate of drug-likeness (QED) is 0.461. The van der Waals surface area contributed by atoms with Crippen molar-refractivity contribution >= 4 is 14.4 Å². The second-order valence-corrected chi connectivity index (χ2v) is 15.2. The van der Waals surface area contributed by atoms with E-state index in [0.29, 0.717) is 5.92 Å². The molecule has 0 amide bonds. The van der Waals surface area contributed by atoms with E-state index in [1.807, 2.05) is 0 Å². The maximum Gasteiger partial charge on any atom is -1.00 e. The Bertz CT molecular complexity index is 1510. The minimum absolute atomic E-state index is 0. The maximum absolute atomic E-state index is 2.54. The molecule has 0 fully saturated rings. The van der Waals surface area contributed by atoms with Crippen LogP contribution in [-0.4, -0.2) is 0 Å². The number of allylic oxidation sites excluding steroid dienone is 4. The third-order valence-electron chi connectivity index (χ3n) is 7.72. The van der Waals surface area contributed by atoms with Gasteiger partial charge in [-0.3, -0.25) is 0 Å². The summed E-state index contributed by atoms with van der Waals surface area (Å²) in [5, 5.41) is 5.79. The number of fused-ring (bicyclic) bond motifs is 2. The van der Waals surface area contributed by atoms with Gasteiger partial charge >= 0.3 is 230 Å². The minimum Gasteiger partial charge on any atom is -1.00 e. The third kappa shape index (κ3) is 5.71. The van der Waals surface area contributed by atoms with Crippen molar-refractivity contribution in [2.24, 2.45) is 11.3 Å². The second-order valence-electron chi connectivity index (χ2n) is 14.0. The third-order valence-corrected chi connectivity index (χ3v) is 8.99. The van der Waals surface area contributed by atoms with Crippen LogP contribution in [0.3, 0.4) is 0 Å². The molecule has 4 rings (SSSR count). The van der Waals surface area contributed by atoms with Gasteiger partial charge in [-0.1, -0.05) is 0 Å². The first-order chi connectivity index (χ1) is 15.9. The number of halogens is 2. The average molecular weight is 614 g/mol. The van der Waals surface area contributed by atoms with Crippen LogP contribution in [0.25, 0.3) is 14.4 Å². The Labute approximate surface area is 252 Å². The fourth-order valence-electron chi connectivity index (χ4n) is 5.61. The van der Waals surface area contributed by atoms with Crippen LogP contribution in [0.1, 0.15) is 105 Å². The molecule has 0 heterocycles. The monoisotopic (exact) mass is 611 g/mol. The van der Waals surface area contributed by atoms with Gasteiger partial charge in [-0.15, -0.1) is 0 Å². The summed E-state index contributed by atoms with van der Waals surface area (Å²) in [6.07, 6.45) is 5.02. The molecule has 0 bridgehead atoms. The van der Waals surface area contributed by atoms with Crippen LogP contribution in [0.4, 0.5) is 0 Å². The Kier molecular flexibility index (Phi) is 9.26. The molecule has 37 heavy (non-hydrogen) atoms. The van der Waals surface area contributed by atoms with Crippen LogP contribution in [-0.2, 0) is 35.5 Å². The van der Waals surface area contributed by atoms with Crippen LogP contribution < -0.4 is 35.3 Å². The fraction of sp³-hybridized carbons (Fsp3) is 0.471.